The van der Waals surface area contributed by atoms with Gasteiger partial charge in [0, 0.05) is 32.7 Å². The van der Waals surface area contributed by atoms with Crippen LogP contribution < -0.4 is 10.6 Å². The van der Waals surface area contributed by atoms with Crippen molar-refractivity contribution in [3.63, 3.8) is 0 Å². The Kier molecular flexibility index (Phi) is 7.02. The van der Waals surface area contributed by atoms with Gasteiger partial charge in [-0.15, -0.1) is 0 Å². The Labute approximate surface area is 148 Å². The third-order valence-corrected chi connectivity index (χ3v) is 4.28. The molecule has 0 radical (unpaired) electrons. The first-order valence-electron chi connectivity index (χ1n) is 8.25. The molecule has 0 saturated carbocycles. The number of carbonyl (C=O) groups excluding carboxylic acids is 2. The van der Waals surface area contributed by atoms with Crippen LogP contribution in [0.5, 0.6) is 0 Å². The van der Waals surface area contributed by atoms with E-state index in [0.717, 1.165) is 31.7 Å². The quantitative estimate of drug-likeness (QED) is 0.811. The number of likely N-dealkylation sites (N-methyl/N-ethyl adjacent to an activating group) is 1. The summed E-state index contributed by atoms with van der Waals surface area (Å²) in [5, 5.41) is 6.21. The van der Waals surface area contributed by atoms with Crippen LogP contribution in [0.4, 0.5) is 5.69 Å². The summed E-state index contributed by atoms with van der Waals surface area (Å²) in [6.45, 7) is 8.40. The minimum Gasteiger partial charge on any atom is -0.355 e. The molecular formula is C17H25ClN4O2. The van der Waals surface area contributed by atoms with Crippen molar-refractivity contribution in [2.45, 2.75) is 13.8 Å². The summed E-state index contributed by atoms with van der Waals surface area (Å²) >= 11 is 6.14. The van der Waals surface area contributed by atoms with E-state index in [9.17, 15) is 9.59 Å². The predicted octanol–water partition coefficient (Wildman–Crippen LogP) is 1.34. The molecule has 0 bridgehead atoms. The average molecular weight is 353 g/mol. The van der Waals surface area contributed by atoms with Gasteiger partial charge in [0.15, 0.2) is 0 Å². The van der Waals surface area contributed by atoms with E-state index in [2.05, 4.69) is 20.4 Å². The third kappa shape index (κ3) is 5.78. The highest BCUT2D eigenvalue weighted by Crippen LogP contribution is 2.22. The Morgan fingerprint density at radius 2 is 1.67 bits per heavy atom. The summed E-state index contributed by atoms with van der Waals surface area (Å²) < 4.78 is 0. The van der Waals surface area contributed by atoms with Crippen molar-refractivity contribution in [3.05, 3.63) is 28.8 Å². The smallest absolute Gasteiger partial charge is 0.238 e. The van der Waals surface area contributed by atoms with E-state index < -0.39 is 0 Å². The van der Waals surface area contributed by atoms with Gasteiger partial charge in [0.1, 0.15) is 0 Å². The van der Waals surface area contributed by atoms with Gasteiger partial charge in [-0.1, -0.05) is 17.7 Å². The van der Waals surface area contributed by atoms with E-state index in [0.29, 0.717) is 30.3 Å². The van der Waals surface area contributed by atoms with Crippen molar-refractivity contribution in [1.82, 2.24) is 15.1 Å². The number of rotatable bonds is 6. The second-order valence-electron chi connectivity index (χ2n) is 6.04. The lowest BCUT2D eigenvalue weighted by molar-refractivity contribution is -0.123. The summed E-state index contributed by atoms with van der Waals surface area (Å²) in [6, 6.07) is 5.57. The third-order valence-electron chi connectivity index (χ3n) is 3.97. The predicted molar refractivity (Wildman–Crippen MR) is 96.4 cm³/mol. The van der Waals surface area contributed by atoms with Crippen LogP contribution in [0, 0.1) is 6.92 Å². The maximum atomic E-state index is 12.2. The Morgan fingerprint density at radius 3 is 2.21 bits per heavy atom. The normalized spacial score (nSPS) is 16.0. The average Bonchev–Trinajstić information content (AvgIpc) is 2.52. The van der Waals surface area contributed by atoms with Gasteiger partial charge >= 0.3 is 0 Å². The standard InChI is InChI=1S/C17H25ClN4O2/c1-3-19-16(23)11-21-6-8-22(9-7-21)12-17(24)20-15-5-4-13(2)10-14(15)18/h4-5,10H,3,6-9,11-12H2,1-2H3,(H,19,23)(H,20,24). The molecule has 2 amide bonds. The van der Waals surface area contributed by atoms with Gasteiger partial charge in [-0.2, -0.15) is 0 Å². The van der Waals surface area contributed by atoms with Gasteiger partial charge in [-0.25, -0.2) is 0 Å². The zero-order chi connectivity index (χ0) is 17.5. The summed E-state index contributed by atoms with van der Waals surface area (Å²) in [5.41, 5.74) is 1.70. The van der Waals surface area contributed by atoms with E-state index >= 15 is 0 Å². The minimum absolute atomic E-state index is 0.0534. The van der Waals surface area contributed by atoms with E-state index in [1.807, 2.05) is 32.0 Å². The Balaban J connectivity index is 1.75. The van der Waals surface area contributed by atoms with E-state index in [1.54, 1.807) is 0 Å². The zero-order valence-electron chi connectivity index (χ0n) is 14.3. The van der Waals surface area contributed by atoms with Gasteiger partial charge < -0.3 is 10.6 Å². The molecule has 2 rings (SSSR count). The molecule has 1 fully saturated rings. The molecule has 0 aromatic heterocycles. The second-order valence-corrected chi connectivity index (χ2v) is 6.44. The molecule has 1 heterocycles. The highest BCUT2D eigenvalue weighted by Gasteiger charge is 2.20. The largest absolute Gasteiger partial charge is 0.355 e. The number of benzene rings is 1. The molecule has 24 heavy (non-hydrogen) atoms. The Hall–Kier alpha value is -1.63. The highest BCUT2D eigenvalue weighted by atomic mass is 35.5. The van der Waals surface area contributed by atoms with Gasteiger partial charge in [-0.3, -0.25) is 19.4 Å². The summed E-state index contributed by atoms with van der Waals surface area (Å²) in [5.74, 6) is -0.0179. The van der Waals surface area contributed by atoms with Crippen LogP contribution in [0.1, 0.15) is 12.5 Å². The van der Waals surface area contributed by atoms with Crippen LogP contribution >= 0.6 is 11.6 Å². The molecule has 1 saturated heterocycles. The lowest BCUT2D eigenvalue weighted by atomic mass is 10.2. The molecule has 7 heteroatoms. The Morgan fingerprint density at radius 1 is 1.08 bits per heavy atom. The van der Waals surface area contributed by atoms with Crippen LogP contribution in [-0.2, 0) is 9.59 Å². The van der Waals surface area contributed by atoms with E-state index in [4.69, 9.17) is 11.6 Å². The second kappa shape index (κ2) is 9.01. The van der Waals surface area contributed by atoms with Crippen LogP contribution in [0.2, 0.25) is 5.02 Å². The first-order valence-corrected chi connectivity index (χ1v) is 8.63. The highest BCUT2D eigenvalue weighted by molar-refractivity contribution is 6.33. The number of carbonyl (C=O) groups is 2. The molecule has 1 aliphatic rings. The maximum absolute atomic E-state index is 12.2. The number of hydrogen-bond acceptors (Lipinski definition) is 4. The Bertz CT molecular complexity index is 586. The van der Waals surface area contributed by atoms with Crippen LogP contribution in [0.3, 0.4) is 0 Å². The molecule has 6 nitrogen and oxygen atoms in total. The van der Waals surface area contributed by atoms with E-state index in [-0.39, 0.29) is 11.8 Å². The molecule has 0 spiro atoms. The molecule has 132 valence electrons. The SMILES string of the molecule is CCNC(=O)CN1CCN(CC(=O)Nc2ccc(C)cc2Cl)CC1. The number of halogens is 1. The molecule has 1 aromatic rings. The number of amides is 2. The van der Waals surface area contributed by atoms with Crippen molar-refractivity contribution >= 4 is 29.1 Å². The lowest BCUT2D eigenvalue weighted by Crippen LogP contribution is -2.51. The van der Waals surface area contributed by atoms with Crippen molar-refractivity contribution in [2.24, 2.45) is 0 Å². The molecule has 1 aromatic carbocycles. The molecule has 0 aliphatic carbocycles. The lowest BCUT2D eigenvalue weighted by Gasteiger charge is -2.33. The maximum Gasteiger partial charge on any atom is 0.238 e. The van der Waals surface area contributed by atoms with Crippen molar-refractivity contribution in [1.29, 1.82) is 0 Å². The number of nitrogens with one attached hydrogen (secondary N) is 2. The fourth-order valence-electron chi connectivity index (χ4n) is 2.68. The molecule has 2 N–H and O–H groups in total. The summed E-state index contributed by atoms with van der Waals surface area (Å²) in [4.78, 5) is 28.0. The van der Waals surface area contributed by atoms with Crippen LogP contribution in [0.25, 0.3) is 0 Å². The van der Waals surface area contributed by atoms with E-state index in [1.165, 1.54) is 0 Å². The zero-order valence-corrected chi connectivity index (χ0v) is 15.0. The fraction of sp³-hybridized carbons (Fsp3) is 0.529. The first kappa shape index (κ1) is 18.7. The number of aryl methyl sites for hydroxylation is 1. The van der Waals surface area contributed by atoms with Gasteiger partial charge in [0.2, 0.25) is 11.8 Å². The number of hydrogen-bond donors (Lipinski definition) is 2. The molecule has 1 aliphatic heterocycles. The number of nitrogens with zero attached hydrogens (tertiary/aromatic N) is 2. The number of anilines is 1. The monoisotopic (exact) mass is 352 g/mol. The molecular weight excluding hydrogens is 328 g/mol. The summed E-state index contributed by atoms with van der Waals surface area (Å²) in [7, 11) is 0. The van der Waals surface area contributed by atoms with Gasteiger partial charge in [-0.05, 0) is 31.5 Å². The fourth-order valence-corrected chi connectivity index (χ4v) is 2.96. The topological polar surface area (TPSA) is 64.7 Å². The van der Waals surface area contributed by atoms with Gasteiger partial charge in [0.05, 0.1) is 23.8 Å². The first-order chi connectivity index (χ1) is 11.5. The van der Waals surface area contributed by atoms with Gasteiger partial charge in [0.25, 0.3) is 0 Å². The summed E-state index contributed by atoms with van der Waals surface area (Å²) in [6.07, 6.45) is 0. The number of piperazine rings is 1. The van der Waals surface area contributed by atoms with Crippen molar-refractivity contribution in [3.8, 4) is 0 Å². The van der Waals surface area contributed by atoms with Crippen molar-refractivity contribution < 1.29 is 9.59 Å². The molecule has 0 unspecified atom stereocenters. The van der Waals surface area contributed by atoms with Crippen LogP contribution in [-0.4, -0.2) is 67.4 Å². The van der Waals surface area contributed by atoms with Crippen LogP contribution in [0.15, 0.2) is 18.2 Å². The minimum atomic E-state index is -0.0714. The van der Waals surface area contributed by atoms with Crippen molar-refractivity contribution in [2.75, 3.05) is 51.1 Å². The molecule has 0 atom stereocenters.